The molecule has 4 heteroatoms. The Labute approximate surface area is 144 Å². The van der Waals surface area contributed by atoms with Crippen molar-refractivity contribution >= 4 is 22.3 Å². The van der Waals surface area contributed by atoms with Gasteiger partial charge < -0.3 is 0 Å². The predicted octanol–water partition coefficient (Wildman–Crippen LogP) is 4.90. The highest BCUT2D eigenvalue weighted by molar-refractivity contribution is 5.81. The van der Waals surface area contributed by atoms with Gasteiger partial charge in [-0.2, -0.15) is 0 Å². The van der Waals surface area contributed by atoms with Gasteiger partial charge in [0, 0.05) is 6.92 Å². The normalized spacial score (nSPS) is 14.4. The van der Waals surface area contributed by atoms with E-state index in [2.05, 4.69) is 55.9 Å². The summed E-state index contributed by atoms with van der Waals surface area (Å²) in [7, 11) is 0. The van der Waals surface area contributed by atoms with Gasteiger partial charge in [-0.1, -0.05) is 43.8 Å². The van der Waals surface area contributed by atoms with Crippen LogP contribution in [0, 0.1) is 6.92 Å². The van der Waals surface area contributed by atoms with Gasteiger partial charge in [-0.05, 0) is 38.8 Å². The van der Waals surface area contributed by atoms with E-state index >= 15 is 0 Å². The smallest absolute Gasteiger partial charge is 0.239 e. The molecule has 0 bridgehead atoms. The Kier molecular flexibility index (Phi) is 4.83. The van der Waals surface area contributed by atoms with E-state index in [9.17, 15) is 0 Å². The first-order valence-corrected chi connectivity index (χ1v) is 9.27. The second-order valence-electron chi connectivity index (χ2n) is 6.92. The highest BCUT2D eigenvalue weighted by Crippen LogP contribution is 2.24. The lowest BCUT2D eigenvalue weighted by Crippen LogP contribution is -2.41. The van der Waals surface area contributed by atoms with E-state index in [0.29, 0.717) is 12.1 Å². The van der Waals surface area contributed by atoms with E-state index in [4.69, 9.17) is 9.97 Å². The second kappa shape index (κ2) is 6.88. The van der Waals surface area contributed by atoms with Crippen molar-refractivity contribution in [3.63, 3.8) is 0 Å². The van der Waals surface area contributed by atoms with Gasteiger partial charge in [-0.15, -0.1) is 0 Å². The summed E-state index contributed by atoms with van der Waals surface area (Å²) in [5.74, 6) is 1.27. The Morgan fingerprint density at radius 3 is 2.25 bits per heavy atom. The molecule has 24 heavy (non-hydrogen) atoms. The highest BCUT2D eigenvalue weighted by Gasteiger charge is 2.29. The van der Waals surface area contributed by atoms with E-state index in [1.807, 2.05) is 12.1 Å². The fourth-order valence-electron chi connectivity index (χ4n) is 3.88. The van der Waals surface area contributed by atoms with Crippen LogP contribution in [-0.2, 0) is 0 Å². The van der Waals surface area contributed by atoms with E-state index in [-0.39, 0.29) is 0 Å². The number of aromatic nitrogens is 4. The van der Waals surface area contributed by atoms with Crippen LogP contribution in [0.4, 0.5) is 0 Å². The maximum atomic E-state index is 4.98. The zero-order valence-electron chi connectivity index (χ0n) is 15.6. The van der Waals surface area contributed by atoms with Crippen LogP contribution in [0.25, 0.3) is 22.3 Å². The van der Waals surface area contributed by atoms with Crippen molar-refractivity contribution < 1.29 is 4.57 Å². The SMILES string of the molecule is CCCC(C)n1c(C)[n+](C(C)CCC)c2nc3ccccc3nc21. The van der Waals surface area contributed by atoms with Crippen LogP contribution in [0.3, 0.4) is 0 Å². The molecule has 0 aliphatic heterocycles. The molecule has 128 valence electrons. The summed E-state index contributed by atoms with van der Waals surface area (Å²) in [4.78, 5) is 9.97. The van der Waals surface area contributed by atoms with Crippen molar-refractivity contribution in [1.82, 2.24) is 14.5 Å². The summed E-state index contributed by atoms with van der Waals surface area (Å²) in [5.41, 5.74) is 4.00. The zero-order valence-corrected chi connectivity index (χ0v) is 15.6. The number of rotatable bonds is 6. The Balaban J connectivity index is 2.32. The Morgan fingerprint density at radius 2 is 1.62 bits per heavy atom. The molecule has 0 saturated heterocycles. The molecule has 4 nitrogen and oxygen atoms in total. The average molecular weight is 325 g/mol. The van der Waals surface area contributed by atoms with Gasteiger partial charge in [-0.3, -0.25) is 0 Å². The zero-order chi connectivity index (χ0) is 17.3. The molecule has 3 rings (SSSR count). The number of imidazole rings is 1. The molecule has 2 atom stereocenters. The van der Waals surface area contributed by atoms with Gasteiger partial charge in [0.05, 0.1) is 12.1 Å². The van der Waals surface area contributed by atoms with Gasteiger partial charge in [0.25, 0.3) is 5.65 Å². The lowest BCUT2D eigenvalue weighted by Gasteiger charge is -2.13. The van der Waals surface area contributed by atoms with Gasteiger partial charge in [-0.25, -0.2) is 14.1 Å². The van der Waals surface area contributed by atoms with Crippen LogP contribution >= 0.6 is 0 Å². The number of nitrogens with zero attached hydrogens (tertiary/aromatic N) is 4. The molecule has 2 heterocycles. The molecule has 0 radical (unpaired) electrons. The third-order valence-corrected chi connectivity index (χ3v) is 4.98. The third-order valence-electron chi connectivity index (χ3n) is 4.98. The summed E-state index contributed by atoms with van der Waals surface area (Å²) in [6, 6.07) is 9.04. The van der Waals surface area contributed by atoms with E-state index in [0.717, 1.165) is 35.2 Å². The van der Waals surface area contributed by atoms with Crippen LogP contribution in [0.1, 0.15) is 71.3 Å². The van der Waals surface area contributed by atoms with Gasteiger partial charge in [0.2, 0.25) is 5.82 Å². The number of hydrogen-bond acceptors (Lipinski definition) is 2. The number of hydrogen-bond donors (Lipinski definition) is 0. The molecule has 2 unspecified atom stereocenters. The molecule has 0 aliphatic carbocycles. The standard InChI is InChI=1S/C20H29N4/c1-6-10-14(3)23-16(5)24(15(4)11-7-2)20-19(23)21-17-12-8-9-13-18(17)22-20/h8-9,12-15H,6-7,10-11H2,1-5H3/q+1. The van der Waals surface area contributed by atoms with E-state index < -0.39 is 0 Å². The van der Waals surface area contributed by atoms with Gasteiger partial charge in [0.1, 0.15) is 5.52 Å². The molecule has 0 fully saturated rings. The average Bonchev–Trinajstić information content (AvgIpc) is 2.84. The lowest BCUT2D eigenvalue weighted by molar-refractivity contribution is -0.704. The molecular weight excluding hydrogens is 296 g/mol. The molecule has 0 saturated carbocycles. The molecule has 0 amide bonds. The second-order valence-corrected chi connectivity index (χ2v) is 6.92. The quantitative estimate of drug-likeness (QED) is 0.604. The minimum Gasteiger partial charge on any atom is -0.239 e. The Bertz CT molecular complexity index is 781. The number of benzene rings is 1. The van der Waals surface area contributed by atoms with Crippen molar-refractivity contribution in [3.8, 4) is 0 Å². The van der Waals surface area contributed by atoms with Gasteiger partial charge in [0.15, 0.2) is 5.52 Å². The maximum absolute atomic E-state index is 4.98. The van der Waals surface area contributed by atoms with Crippen LogP contribution in [-0.4, -0.2) is 14.5 Å². The number of fused-ring (bicyclic) bond motifs is 2. The fourth-order valence-corrected chi connectivity index (χ4v) is 3.88. The predicted molar refractivity (Wildman–Crippen MR) is 99.2 cm³/mol. The summed E-state index contributed by atoms with van der Waals surface area (Å²) in [5, 5.41) is 0. The molecule has 0 spiro atoms. The monoisotopic (exact) mass is 325 g/mol. The molecule has 0 aliphatic rings. The van der Waals surface area contributed by atoms with Crippen molar-refractivity contribution in [1.29, 1.82) is 0 Å². The summed E-state index contributed by atoms with van der Waals surface area (Å²) in [6.45, 7) is 11.3. The van der Waals surface area contributed by atoms with Crippen LogP contribution in [0.15, 0.2) is 24.3 Å². The topological polar surface area (TPSA) is 34.6 Å². The van der Waals surface area contributed by atoms with Crippen molar-refractivity contribution in [2.75, 3.05) is 0 Å². The van der Waals surface area contributed by atoms with Crippen molar-refractivity contribution in [3.05, 3.63) is 30.1 Å². The third kappa shape index (κ3) is 2.79. The molecule has 3 aromatic rings. The molecule has 1 aromatic carbocycles. The Morgan fingerprint density at radius 1 is 1.00 bits per heavy atom. The fraction of sp³-hybridized carbons (Fsp3) is 0.550. The first-order chi connectivity index (χ1) is 11.6. The highest BCUT2D eigenvalue weighted by atomic mass is 15.3. The van der Waals surface area contributed by atoms with Crippen LogP contribution in [0.5, 0.6) is 0 Å². The summed E-state index contributed by atoms with van der Waals surface area (Å²) < 4.78 is 4.79. The van der Waals surface area contributed by atoms with Crippen LogP contribution in [0.2, 0.25) is 0 Å². The number of para-hydroxylation sites is 2. The van der Waals surface area contributed by atoms with Crippen molar-refractivity contribution in [2.45, 2.75) is 72.4 Å². The van der Waals surface area contributed by atoms with Crippen LogP contribution < -0.4 is 4.57 Å². The molecule has 2 aromatic heterocycles. The largest absolute Gasteiger partial charge is 0.323 e. The van der Waals surface area contributed by atoms with E-state index in [1.54, 1.807) is 0 Å². The van der Waals surface area contributed by atoms with E-state index in [1.165, 1.54) is 18.7 Å². The maximum Gasteiger partial charge on any atom is 0.323 e. The first-order valence-electron chi connectivity index (χ1n) is 9.27. The minimum atomic E-state index is 0.433. The molecule has 0 N–H and O–H groups in total. The first kappa shape index (κ1) is 16.9. The molecular formula is C20H29N4+. The van der Waals surface area contributed by atoms with Gasteiger partial charge >= 0.3 is 5.65 Å². The summed E-state index contributed by atoms with van der Waals surface area (Å²) >= 11 is 0. The van der Waals surface area contributed by atoms with Crippen molar-refractivity contribution in [2.24, 2.45) is 0 Å². The lowest BCUT2D eigenvalue weighted by atomic mass is 10.2. The Hall–Kier alpha value is -1.97. The summed E-state index contributed by atoms with van der Waals surface area (Å²) in [6.07, 6.45) is 4.65. The minimum absolute atomic E-state index is 0.433.